The van der Waals surface area contributed by atoms with E-state index in [1.165, 1.54) is 16.7 Å². The lowest BCUT2D eigenvalue weighted by atomic mass is 9.61. The van der Waals surface area contributed by atoms with Crippen LogP contribution in [-0.2, 0) is 24.2 Å². The van der Waals surface area contributed by atoms with Gasteiger partial charge in [-0.05, 0) is 81.2 Å². The number of carbonyl (C=O) groups excluding carboxylic acids is 1. The molecule has 1 saturated carbocycles. The Balaban J connectivity index is 1.44. The van der Waals surface area contributed by atoms with Crippen LogP contribution in [0.4, 0.5) is 0 Å². The fourth-order valence-corrected chi connectivity index (χ4v) is 7.46. The van der Waals surface area contributed by atoms with E-state index in [0.29, 0.717) is 18.8 Å². The van der Waals surface area contributed by atoms with Crippen LogP contribution in [-0.4, -0.2) is 39.7 Å². The molecular formula is C34H39N3O2. The summed E-state index contributed by atoms with van der Waals surface area (Å²) in [6.07, 6.45) is 5.31. The van der Waals surface area contributed by atoms with Crippen LogP contribution in [0.5, 0.6) is 5.75 Å². The summed E-state index contributed by atoms with van der Waals surface area (Å²) in [7, 11) is 0. The molecule has 7 rings (SSSR count). The number of nitrogens with two attached hydrogens (primary N) is 1. The van der Waals surface area contributed by atoms with Crippen LogP contribution < -0.4 is 10.5 Å². The molecule has 4 aliphatic rings. The van der Waals surface area contributed by atoms with E-state index in [1.54, 1.807) is 0 Å². The first-order valence-electron chi connectivity index (χ1n) is 14.2. The number of amides is 1. The molecule has 3 aromatic rings. The van der Waals surface area contributed by atoms with Gasteiger partial charge < -0.3 is 10.5 Å². The standard InChI is InChI=1S/C34H39N3O2/c1-32(2,3)39-27-16-14-26(15-17-27)23-37-30-21-33(31(35)38)20-29(28(30)22-36-33)34(37,18-24-10-6-4-7-11-24)19-25-12-8-5-9-13-25/h4-17,22,28-30H,18-21,23H2,1-3H3,(H2,35,38). The van der Waals surface area contributed by atoms with Gasteiger partial charge in [-0.15, -0.1) is 0 Å². The van der Waals surface area contributed by atoms with Crippen molar-refractivity contribution in [2.75, 3.05) is 0 Å². The van der Waals surface area contributed by atoms with Gasteiger partial charge in [-0.3, -0.25) is 14.7 Å². The molecule has 0 spiro atoms. The van der Waals surface area contributed by atoms with E-state index >= 15 is 0 Å². The van der Waals surface area contributed by atoms with Crippen LogP contribution in [0.2, 0.25) is 0 Å². The van der Waals surface area contributed by atoms with Gasteiger partial charge in [0, 0.05) is 30.3 Å². The van der Waals surface area contributed by atoms with Crippen molar-refractivity contribution >= 4 is 12.1 Å². The van der Waals surface area contributed by atoms with Gasteiger partial charge in [0.05, 0.1) is 0 Å². The maximum absolute atomic E-state index is 12.9. The predicted molar refractivity (Wildman–Crippen MR) is 156 cm³/mol. The van der Waals surface area contributed by atoms with Crippen LogP contribution in [0, 0.1) is 11.8 Å². The highest BCUT2D eigenvalue weighted by molar-refractivity contribution is 5.89. The van der Waals surface area contributed by atoms with E-state index < -0.39 is 5.54 Å². The summed E-state index contributed by atoms with van der Waals surface area (Å²) < 4.78 is 6.09. The van der Waals surface area contributed by atoms with Crippen LogP contribution in [0.3, 0.4) is 0 Å². The summed E-state index contributed by atoms with van der Waals surface area (Å²) in [5.74, 6) is 1.18. The summed E-state index contributed by atoms with van der Waals surface area (Å²) >= 11 is 0. The Bertz CT molecular complexity index is 1310. The molecule has 4 bridgehead atoms. The minimum Gasteiger partial charge on any atom is -0.488 e. The largest absolute Gasteiger partial charge is 0.488 e. The number of hydrogen-bond donors (Lipinski definition) is 1. The topological polar surface area (TPSA) is 67.9 Å². The first-order chi connectivity index (χ1) is 18.7. The molecule has 202 valence electrons. The van der Waals surface area contributed by atoms with E-state index in [-0.39, 0.29) is 29.0 Å². The van der Waals surface area contributed by atoms with Gasteiger partial charge in [-0.1, -0.05) is 72.8 Å². The molecule has 39 heavy (non-hydrogen) atoms. The molecule has 4 atom stereocenters. The van der Waals surface area contributed by atoms with E-state index in [0.717, 1.165) is 25.1 Å². The smallest absolute Gasteiger partial charge is 0.245 e. The van der Waals surface area contributed by atoms with Crippen LogP contribution in [0.15, 0.2) is 89.9 Å². The quantitative estimate of drug-likeness (QED) is 0.419. The summed E-state index contributed by atoms with van der Waals surface area (Å²) in [5, 5.41) is 0. The Morgan fingerprint density at radius 1 is 0.897 bits per heavy atom. The van der Waals surface area contributed by atoms with Crippen LogP contribution in [0.25, 0.3) is 0 Å². The van der Waals surface area contributed by atoms with Gasteiger partial charge in [0.15, 0.2) is 0 Å². The molecule has 0 radical (unpaired) electrons. The average Bonchev–Trinajstić information content (AvgIpc) is 3.09. The number of hydrogen-bond acceptors (Lipinski definition) is 4. The van der Waals surface area contributed by atoms with E-state index in [9.17, 15) is 4.79 Å². The third kappa shape index (κ3) is 4.78. The van der Waals surface area contributed by atoms with Crippen LogP contribution >= 0.6 is 0 Å². The molecule has 5 heteroatoms. The highest BCUT2D eigenvalue weighted by Crippen LogP contribution is 2.59. The highest BCUT2D eigenvalue weighted by Gasteiger charge is 2.66. The number of primary amides is 1. The third-order valence-electron chi connectivity index (χ3n) is 9.03. The number of rotatable bonds is 8. The maximum Gasteiger partial charge on any atom is 0.245 e. The average molecular weight is 522 g/mol. The number of aliphatic imine (C=N–C) groups is 1. The molecule has 3 aliphatic heterocycles. The lowest BCUT2D eigenvalue weighted by molar-refractivity contribution is -0.125. The summed E-state index contributed by atoms with van der Waals surface area (Å²) in [6.45, 7) is 7.00. The van der Waals surface area contributed by atoms with Crippen molar-refractivity contribution in [1.29, 1.82) is 0 Å². The lowest BCUT2D eigenvalue weighted by Gasteiger charge is -2.45. The summed E-state index contributed by atoms with van der Waals surface area (Å²) in [5.41, 5.74) is 8.73. The van der Waals surface area contributed by atoms with Gasteiger partial charge >= 0.3 is 0 Å². The van der Waals surface area contributed by atoms with E-state index in [4.69, 9.17) is 15.5 Å². The summed E-state index contributed by atoms with van der Waals surface area (Å²) in [6, 6.07) is 30.4. The van der Waals surface area contributed by atoms with Crippen molar-refractivity contribution in [2.45, 2.75) is 75.7 Å². The molecule has 3 aromatic carbocycles. The molecular weight excluding hydrogens is 482 g/mol. The van der Waals surface area contributed by atoms with Crippen LogP contribution in [0.1, 0.15) is 50.3 Å². The van der Waals surface area contributed by atoms with Crippen molar-refractivity contribution in [3.63, 3.8) is 0 Å². The molecule has 3 heterocycles. The molecule has 1 aliphatic carbocycles. The first kappa shape index (κ1) is 25.8. The molecule has 2 N–H and O–H groups in total. The van der Waals surface area contributed by atoms with Crippen molar-refractivity contribution in [3.05, 3.63) is 102 Å². The predicted octanol–water partition coefficient (Wildman–Crippen LogP) is 5.61. The molecule has 1 amide bonds. The molecule has 0 aromatic heterocycles. The zero-order chi connectivity index (χ0) is 27.3. The maximum atomic E-state index is 12.9. The zero-order valence-corrected chi connectivity index (χ0v) is 23.2. The number of carbonyl (C=O) groups is 1. The zero-order valence-electron chi connectivity index (χ0n) is 23.2. The normalized spacial score (nSPS) is 27.0. The van der Waals surface area contributed by atoms with Gasteiger partial charge in [0.1, 0.15) is 16.9 Å². The van der Waals surface area contributed by atoms with E-state index in [2.05, 4.69) is 117 Å². The van der Waals surface area contributed by atoms with Crippen molar-refractivity contribution in [1.82, 2.24) is 4.90 Å². The Morgan fingerprint density at radius 2 is 1.49 bits per heavy atom. The fourth-order valence-electron chi connectivity index (χ4n) is 7.46. The minimum absolute atomic E-state index is 0.178. The van der Waals surface area contributed by atoms with Crippen molar-refractivity contribution in [3.8, 4) is 5.75 Å². The number of ether oxygens (including phenoxy) is 1. The first-order valence-corrected chi connectivity index (χ1v) is 14.2. The number of nitrogens with zero attached hydrogens (tertiary/aromatic N) is 2. The Morgan fingerprint density at radius 3 is 2.03 bits per heavy atom. The van der Waals surface area contributed by atoms with E-state index in [1.807, 2.05) is 0 Å². The fraction of sp³-hybridized carbons (Fsp3) is 0.412. The Kier molecular flexibility index (Phi) is 6.38. The second kappa shape index (κ2) is 9.63. The third-order valence-corrected chi connectivity index (χ3v) is 9.03. The molecule has 4 unspecified atom stereocenters. The van der Waals surface area contributed by atoms with Gasteiger partial charge in [0.2, 0.25) is 5.91 Å². The second-order valence-electron chi connectivity index (χ2n) is 12.7. The monoisotopic (exact) mass is 521 g/mol. The molecule has 2 fully saturated rings. The second-order valence-corrected chi connectivity index (χ2v) is 12.7. The Hall–Kier alpha value is -3.44. The number of likely N-dealkylation sites (tertiary alicyclic amines) is 1. The SMILES string of the molecule is CC(C)(C)Oc1ccc(CN2C3CC4(C(N)=O)CC(C3C=N4)C2(Cc2ccccc2)Cc2ccccc2)cc1. The van der Waals surface area contributed by atoms with Gasteiger partial charge in [0.25, 0.3) is 0 Å². The minimum atomic E-state index is -0.804. The van der Waals surface area contributed by atoms with Gasteiger partial charge in [-0.25, -0.2) is 0 Å². The number of benzene rings is 3. The molecule has 1 saturated heterocycles. The lowest BCUT2D eigenvalue weighted by Crippen LogP contribution is -2.56. The van der Waals surface area contributed by atoms with Crippen molar-refractivity contribution < 1.29 is 9.53 Å². The Labute approximate surface area is 232 Å². The summed E-state index contributed by atoms with van der Waals surface area (Å²) in [4.78, 5) is 20.4. The molecule has 5 nitrogen and oxygen atoms in total. The van der Waals surface area contributed by atoms with Crippen molar-refractivity contribution in [2.24, 2.45) is 22.6 Å². The van der Waals surface area contributed by atoms with Gasteiger partial charge in [-0.2, -0.15) is 0 Å². The highest BCUT2D eigenvalue weighted by atomic mass is 16.5.